The van der Waals surface area contributed by atoms with E-state index in [1.54, 1.807) is 11.3 Å². The molecule has 2 heterocycles. The van der Waals surface area contributed by atoms with Gasteiger partial charge in [0.1, 0.15) is 0 Å². The van der Waals surface area contributed by atoms with Gasteiger partial charge in [-0.3, -0.25) is 0 Å². The Bertz CT molecular complexity index is 2800. The smallest absolute Gasteiger partial charge is 0.0433 e. The monoisotopic (exact) mass is 736 g/mol. The first-order chi connectivity index (χ1) is 26.2. The van der Waals surface area contributed by atoms with Gasteiger partial charge in [0.15, 0.2) is 0 Å². The van der Waals surface area contributed by atoms with Crippen molar-refractivity contribution in [2.45, 2.75) is 33.4 Å². The highest BCUT2D eigenvalue weighted by Crippen LogP contribution is 2.73. The molecule has 0 aliphatic heterocycles. The van der Waals surface area contributed by atoms with Gasteiger partial charge in [0.25, 0.3) is 0 Å². The van der Waals surface area contributed by atoms with Gasteiger partial charge in [0.2, 0.25) is 0 Å². The van der Waals surface area contributed by atoms with Crippen molar-refractivity contribution in [3.63, 3.8) is 0 Å². The number of hydrogen-bond donors (Lipinski definition) is 0. The molecule has 0 N–H and O–H groups in total. The molecule has 0 amide bonds. The van der Waals surface area contributed by atoms with E-state index in [4.69, 9.17) is 0 Å². The van der Waals surface area contributed by atoms with Gasteiger partial charge in [-0.15, -0.1) is 32.7 Å². The van der Waals surface area contributed by atoms with Crippen LogP contribution in [0, 0.1) is 0 Å². The molecular weight excluding hydrogens is 697 g/mol. The van der Waals surface area contributed by atoms with Crippen LogP contribution in [0.25, 0.3) is 53.5 Å². The fraction of sp³-hybridized carbons (Fsp3) is 0.0400. The molecule has 0 unspecified atom stereocenters. The van der Waals surface area contributed by atoms with Crippen LogP contribution in [-0.4, -0.2) is 0 Å². The zero-order valence-electron chi connectivity index (χ0n) is 30.0. The summed E-state index contributed by atoms with van der Waals surface area (Å²) >= 11 is 3.68. The van der Waals surface area contributed by atoms with Crippen molar-refractivity contribution < 1.29 is 0 Å². The van der Waals surface area contributed by atoms with E-state index in [0.29, 0.717) is 0 Å². The molecule has 0 radical (unpaired) electrons. The fourth-order valence-corrected chi connectivity index (χ4v) is 13.8. The number of benzene rings is 7. The summed E-state index contributed by atoms with van der Waals surface area (Å²) in [6.45, 7) is 12.9. The molecule has 7 aromatic carbocycles. The van der Waals surface area contributed by atoms with Crippen LogP contribution >= 0.6 is 32.7 Å². The molecule has 9 rings (SSSR count). The molecule has 0 aliphatic carbocycles. The lowest BCUT2D eigenvalue weighted by molar-refractivity contribution is 1.24. The quantitative estimate of drug-likeness (QED) is 0.153. The predicted octanol–water partition coefficient (Wildman–Crippen LogP) is 14.1. The topological polar surface area (TPSA) is 0 Å². The Morgan fingerprint density at radius 2 is 1.04 bits per heavy atom. The standard InChI is InChI=1S/C48H34S3.C2H6/c1-3-40(47-33(2)41-25-10-12-29-45(41)49-47)34-17-14-23-38(31-34)51(36-19-6-4-7-20-36,37-21-8-5-9-22-37)39-24-15-18-35(32-39)42-27-16-28-44-43-26-11-13-30-46(43)50-48(42)44;1-2/h3-32H,1-2H2;1-2H3/b47-40-;. The second kappa shape index (κ2) is 14.9. The van der Waals surface area contributed by atoms with Crippen LogP contribution in [0.3, 0.4) is 0 Å². The first-order valence-corrected chi connectivity index (χ1v) is 21.3. The van der Waals surface area contributed by atoms with Gasteiger partial charge in [-0.1, -0.05) is 148 Å². The molecule has 0 spiro atoms. The van der Waals surface area contributed by atoms with Crippen molar-refractivity contribution in [2.75, 3.05) is 0 Å². The number of allylic oxidation sites excluding steroid dienone is 1. The van der Waals surface area contributed by atoms with Gasteiger partial charge in [-0.25, -0.2) is 0 Å². The van der Waals surface area contributed by atoms with E-state index < -0.39 is 10.0 Å². The van der Waals surface area contributed by atoms with Crippen molar-refractivity contribution in [3.8, 4) is 11.1 Å². The second-order valence-electron chi connectivity index (χ2n) is 12.6. The van der Waals surface area contributed by atoms with Crippen molar-refractivity contribution in [3.05, 3.63) is 204 Å². The van der Waals surface area contributed by atoms with Crippen LogP contribution in [-0.2, 0) is 0 Å². The summed E-state index contributed by atoms with van der Waals surface area (Å²) in [6, 6.07) is 64.8. The molecule has 9 aromatic rings. The van der Waals surface area contributed by atoms with Gasteiger partial charge < -0.3 is 0 Å². The lowest BCUT2D eigenvalue weighted by Gasteiger charge is -2.42. The zero-order chi connectivity index (χ0) is 36.4. The van der Waals surface area contributed by atoms with E-state index in [-0.39, 0.29) is 0 Å². The summed E-state index contributed by atoms with van der Waals surface area (Å²) in [5.41, 5.74) is 4.76. The summed E-state index contributed by atoms with van der Waals surface area (Å²) in [7, 11) is -1.96. The number of hydrogen-bond acceptors (Lipinski definition) is 2. The number of fused-ring (bicyclic) bond motifs is 4. The van der Waals surface area contributed by atoms with Crippen LogP contribution in [0.4, 0.5) is 0 Å². The highest BCUT2D eigenvalue weighted by atomic mass is 32.3. The van der Waals surface area contributed by atoms with Gasteiger partial charge in [0, 0.05) is 49.0 Å². The molecule has 0 bridgehead atoms. The molecule has 0 fully saturated rings. The largest absolute Gasteiger partial charge is 0.135 e. The van der Waals surface area contributed by atoms with Crippen LogP contribution in [0.2, 0.25) is 0 Å². The summed E-state index contributed by atoms with van der Waals surface area (Å²) in [5.74, 6) is 0. The third-order valence-corrected chi connectivity index (χ3v) is 16.1. The molecule has 0 saturated carbocycles. The van der Waals surface area contributed by atoms with Gasteiger partial charge in [-0.05, 0) is 93.5 Å². The Hall–Kier alpha value is -5.45. The maximum absolute atomic E-state index is 4.54. The van der Waals surface area contributed by atoms with E-state index in [2.05, 4.69) is 189 Å². The van der Waals surface area contributed by atoms with E-state index >= 15 is 0 Å². The van der Waals surface area contributed by atoms with Crippen LogP contribution < -0.4 is 9.75 Å². The minimum absolute atomic E-state index is 1.06. The summed E-state index contributed by atoms with van der Waals surface area (Å²) < 4.78 is 5.06. The molecule has 0 saturated heterocycles. The summed E-state index contributed by atoms with van der Waals surface area (Å²) in [5, 5.41) is 4.89. The van der Waals surface area contributed by atoms with Crippen molar-refractivity contribution >= 4 is 75.1 Å². The Morgan fingerprint density at radius 1 is 0.509 bits per heavy atom. The molecule has 0 nitrogen and oxygen atoms in total. The number of rotatable bonds is 7. The highest BCUT2D eigenvalue weighted by molar-refractivity contribution is 8.34. The van der Waals surface area contributed by atoms with Gasteiger partial charge in [0.05, 0.1) is 0 Å². The Labute approximate surface area is 321 Å². The molecule has 258 valence electrons. The summed E-state index contributed by atoms with van der Waals surface area (Å²) in [4.78, 5) is 5.17. The minimum Gasteiger partial charge on any atom is -0.135 e. The average molecular weight is 737 g/mol. The lowest BCUT2D eigenvalue weighted by atomic mass is 10.0. The maximum atomic E-state index is 4.54. The SMILES string of the molecule is C=C/C(c1cccc(S(c2ccccc2)(c2ccccc2)c2cccc(-c3cccc4c3sc3ccccc34)c2)c1)=c1/sc2ccccc2c1=C.CC. The van der Waals surface area contributed by atoms with Crippen molar-refractivity contribution in [2.24, 2.45) is 0 Å². The Morgan fingerprint density at radius 3 is 1.70 bits per heavy atom. The van der Waals surface area contributed by atoms with E-state index in [1.165, 1.54) is 65.5 Å². The maximum Gasteiger partial charge on any atom is 0.0433 e. The van der Waals surface area contributed by atoms with E-state index in [9.17, 15) is 0 Å². The number of thiophene rings is 2. The Kier molecular flexibility index (Phi) is 9.73. The first kappa shape index (κ1) is 34.6. The first-order valence-electron chi connectivity index (χ1n) is 18.0. The third kappa shape index (κ3) is 5.96. The third-order valence-electron chi connectivity index (χ3n) is 9.74. The molecule has 0 atom stereocenters. The molecule has 2 aromatic heterocycles. The predicted molar refractivity (Wildman–Crippen MR) is 235 cm³/mol. The van der Waals surface area contributed by atoms with Crippen LogP contribution in [0.15, 0.2) is 208 Å². The second-order valence-corrected chi connectivity index (χ2v) is 17.8. The van der Waals surface area contributed by atoms with E-state index in [0.717, 1.165) is 16.4 Å². The highest BCUT2D eigenvalue weighted by Gasteiger charge is 2.34. The minimum atomic E-state index is -1.96. The normalized spacial score (nSPS) is 12.3. The van der Waals surface area contributed by atoms with Gasteiger partial charge in [-0.2, -0.15) is 0 Å². The molecule has 53 heavy (non-hydrogen) atoms. The Balaban J connectivity index is 0.00000197. The van der Waals surface area contributed by atoms with Crippen LogP contribution in [0.1, 0.15) is 19.4 Å². The molecular formula is C50H40S3. The molecule has 0 aliphatic rings. The van der Waals surface area contributed by atoms with Crippen molar-refractivity contribution in [1.82, 2.24) is 0 Å². The van der Waals surface area contributed by atoms with Crippen LogP contribution in [0.5, 0.6) is 0 Å². The van der Waals surface area contributed by atoms with Crippen molar-refractivity contribution in [1.29, 1.82) is 0 Å². The average Bonchev–Trinajstić information content (AvgIpc) is 3.78. The van der Waals surface area contributed by atoms with Gasteiger partial charge >= 0.3 is 0 Å². The van der Waals surface area contributed by atoms with E-state index in [1.807, 2.05) is 31.3 Å². The fourth-order valence-electron chi connectivity index (χ4n) is 7.41. The lowest BCUT2D eigenvalue weighted by Crippen LogP contribution is -2.19. The summed E-state index contributed by atoms with van der Waals surface area (Å²) in [6.07, 6.45) is 2.01. The zero-order valence-corrected chi connectivity index (χ0v) is 32.4. The molecule has 3 heteroatoms.